The molecule has 0 saturated carbocycles. The van der Waals surface area contributed by atoms with Crippen LogP contribution in [0.3, 0.4) is 0 Å². The minimum atomic E-state index is -0.341. The van der Waals surface area contributed by atoms with E-state index < -0.39 is 0 Å². The van der Waals surface area contributed by atoms with Crippen molar-refractivity contribution in [1.29, 1.82) is 0 Å². The van der Waals surface area contributed by atoms with Gasteiger partial charge in [-0.1, -0.05) is 36.4 Å². The van der Waals surface area contributed by atoms with Crippen LogP contribution in [0.5, 0.6) is 0 Å². The first-order valence-electron chi connectivity index (χ1n) is 8.61. The highest BCUT2D eigenvalue weighted by Gasteiger charge is 2.22. The van der Waals surface area contributed by atoms with Gasteiger partial charge in [-0.3, -0.25) is 0 Å². The van der Waals surface area contributed by atoms with Crippen LogP contribution in [0.4, 0.5) is 10.2 Å². The summed E-state index contributed by atoms with van der Waals surface area (Å²) in [5, 5.41) is 16.3. The predicted octanol–water partition coefficient (Wildman–Crippen LogP) is 4.03. The molecule has 0 fully saturated rings. The summed E-state index contributed by atoms with van der Waals surface area (Å²) in [4.78, 5) is 0. The van der Waals surface area contributed by atoms with E-state index >= 15 is 0 Å². The van der Waals surface area contributed by atoms with E-state index in [2.05, 4.69) is 44.9 Å². The normalized spacial score (nSPS) is 16.0. The lowest BCUT2D eigenvalue weighted by atomic mass is 10.1. The van der Waals surface area contributed by atoms with Gasteiger partial charge in [0.2, 0.25) is 0 Å². The molecule has 2 heterocycles. The maximum Gasteiger partial charge on any atom is 0.188 e. The van der Waals surface area contributed by atoms with Crippen LogP contribution in [0.15, 0.2) is 60.7 Å². The zero-order valence-corrected chi connectivity index (χ0v) is 13.9. The number of nitrogens with one attached hydrogen (secondary N) is 1. The van der Waals surface area contributed by atoms with Gasteiger partial charge < -0.3 is 5.32 Å². The Morgan fingerprint density at radius 3 is 2.73 bits per heavy atom. The van der Waals surface area contributed by atoms with Gasteiger partial charge in [0, 0.05) is 0 Å². The summed E-state index contributed by atoms with van der Waals surface area (Å²) in [5.41, 5.74) is 3.66. The maximum atomic E-state index is 14.1. The van der Waals surface area contributed by atoms with E-state index in [1.165, 1.54) is 17.2 Å². The van der Waals surface area contributed by atoms with Crippen molar-refractivity contribution in [3.8, 4) is 11.4 Å². The second kappa shape index (κ2) is 5.91. The SMILES string of the molecule is Fc1ccccc1-c1nnc2ccc(N[C@H]3CCc4ccccc43)nn12. The Morgan fingerprint density at radius 2 is 1.81 bits per heavy atom. The first-order valence-corrected chi connectivity index (χ1v) is 8.61. The minimum absolute atomic E-state index is 0.226. The van der Waals surface area contributed by atoms with Gasteiger partial charge in [0.25, 0.3) is 0 Å². The largest absolute Gasteiger partial charge is 0.362 e. The number of anilines is 1. The number of fused-ring (bicyclic) bond motifs is 2. The highest BCUT2D eigenvalue weighted by Crippen LogP contribution is 2.33. The van der Waals surface area contributed by atoms with Crippen LogP contribution in [0.25, 0.3) is 17.0 Å². The van der Waals surface area contributed by atoms with Crippen molar-refractivity contribution in [3.05, 3.63) is 77.6 Å². The molecule has 5 nitrogen and oxygen atoms in total. The number of aryl methyl sites for hydroxylation is 1. The van der Waals surface area contributed by atoms with Crippen LogP contribution in [0.1, 0.15) is 23.6 Å². The lowest BCUT2D eigenvalue weighted by Crippen LogP contribution is -2.10. The molecule has 0 radical (unpaired) electrons. The Kier molecular flexibility index (Phi) is 3.41. The number of halogens is 1. The Bertz CT molecular complexity index is 1100. The van der Waals surface area contributed by atoms with Crippen LogP contribution in [-0.2, 0) is 6.42 Å². The predicted molar refractivity (Wildman–Crippen MR) is 97.3 cm³/mol. The Morgan fingerprint density at radius 1 is 0.962 bits per heavy atom. The molecule has 0 saturated heterocycles. The summed E-state index contributed by atoms with van der Waals surface area (Å²) in [6, 6.07) is 18.9. The average Bonchev–Trinajstić information content (AvgIpc) is 3.27. The Labute approximate surface area is 149 Å². The van der Waals surface area contributed by atoms with Gasteiger partial charge in [0.15, 0.2) is 11.5 Å². The summed E-state index contributed by atoms with van der Waals surface area (Å²) < 4.78 is 15.7. The Balaban J connectivity index is 1.53. The highest BCUT2D eigenvalue weighted by molar-refractivity contribution is 5.60. The molecule has 5 rings (SSSR count). The molecule has 0 unspecified atom stereocenters. The third-order valence-corrected chi connectivity index (χ3v) is 4.83. The number of nitrogens with zero attached hydrogens (tertiary/aromatic N) is 4. The summed E-state index contributed by atoms with van der Waals surface area (Å²) in [6.07, 6.45) is 2.09. The Hall–Kier alpha value is -3.28. The van der Waals surface area contributed by atoms with E-state index in [0.29, 0.717) is 17.0 Å². The molecule has 2 aromatic carbocycles. The average molecular weight is 345 g/mol. The number of hydrogen-bond acceptors (Lipinski definition) is 4. The number of aromatic nitrogens is 4. The zero-order chi connectivity index (χ0) is 17.5. The fraction of sp³-hybridized carbons (Fsp3) is 0.150. The highest BCUT2D eigenvalue weighted by atomic mass is 19.1. The van der Waals surface area contributed by atoms with Gasteiger partial charge in [0.05, 0.1) is 11.6 Å². The molecule has 1 aliphatic rings. The summed E-state index contributed by atoms with van der Waals surface area (Å²) in [5.74, 6) is 0.775. The van der Waals surface area contributed by atoms with Gasteiger partial charge in [-0.25, -0.2) is 4.39 Å². The molecule has 6 heteroatoms. The zero-order valence-electron chi connectivity index (χ0n) is 13.9. The van der Waals surface area contributed by atoms with Crippen LogP contribution >= 0.6 is 0 Å². The van der Waals surface area contributed by atoms with E-state index in [0.717, 1.165) is 18.7 Å². The van der Waals surface area contributed by atoms with E-state index in [1.807, 2.05) is 12.1 Å². The molecule has 0 bridgehead atoms. The second-order valence-electron chi connectivity index (χ2n) is 6.43. The van der Waals surface area contributed by atoms with Crippen molar-refractivity contribution in [2.75, 3.05) is 5.32 Å². The second-order valence-corrected chi connectivity index (χ2v) is 6.43. The van der Waals surface area contributed by atoms with E-state index in [4.69, 9.17) is 0 Å². The maximum absolute atomic E-state index is 14.1. The van der Waals surface area contributed by atoms with Crippen molar-refractivity contribution in [2.24, 2.45) is 0 Å². The molecular formula is C20H16FN5. The first-order chi connectivity index (χ1) is 12.8. The molecule has 1 aliphatic carbocycles. The quantitative estimate of drug-likeness (QED) is 0.609. The minimum Gasteiger partial charge on any atom is -0.362 e. The molecule has 0 aliphatic heterocycles. The third kappa shape index (κ3) is 2.42. The summed E-state index contributed by atoms with van der Waals surface area (Å²) >= 11 is 0. The van der Waals surface area contributed by atoms with Crippen LogP contribution in [-0.4, -0.2) is 19.8 Å². The molecule has 2 aromatic heterocycles. The fourth-order valence-electron chi connectivity index (χ4n) is 3.56. The molecule has 128 valence electrons. The molecule has 1 N–H and O–H groups in total. The van der Waals surface area contributed by atoms with Crippen molar-refractivity contribution < 1.29 is 4.39 Å². The molecule has 0 amide bonds. The van der Waals surface area contributed by atoms with Crippen molar-refractivity contribution in [2.45, 2.75) is 18.9 Å². The molecule has 0 spiro atoms. The van der Waals surface area contributed by atoms with E-state index in [1.54, 1.807) is 22.7 Å². The van der Waals surface area contributed by atoms with Gasteiger partial charge >= 0.3 is 0 Å². The lowest BCUT2D eigenvalue weighted by molar-refractivity contribution is 0.629. The van der Waals surface area contributed by atoms with Gasteiger partial charge in [0.1, 0.15) is 11.6 Å². The van der Waals surface area contributed by atoms with Crippen molar-refractivity contribution in [1.82, 2.24) is 19.8 Å². The first kappa shape index (κ1) is 15.0. The smallest absolute Gasteiger partial charge is 0.188 e. The lowest BCUT2D eigenvalue weighted by Gasteiger charge is -2.14. The number of rotatable bonds is 3. The monoisotopic (exact) mass is 345 g/mol. The van der Waals surface area contributed by atoms with Crippen LogP contribution in [0, 0.1) is 5.82 Å². The van der Waals surface area contributed by atoms with Gasteiger partial charge in [-0.15, -0.1) is 15.3 Å². The topological polar surface area (TPSA) is 55.1 Å². The van der Waals surface area contributed by atoms with Crippen molar-refractivity contribution in [3.63, 3.8) is 0 Å². The number of hydrogen-bond donors (Lipinski definition) is 1. The molecule has 4 aromatic rings. The van der Waals surface area contributed by atoms with E-state index in [-0.39, 0.29) is 11.9 Å². The standard InChI is InChI=1S/C20H16FN5/c21-16-8-4-3-7-15(16)20-24-23-19-12-11-18(25-26(19)20)22-17-10-9-13-5-1-2-6-14(13)17/h1-8,11-12,17H,9-10H2,(H,22,25)/t17-/m0/s1. The molecule has 26 heavy (non-hydrogen) atoms. The summed E-state index contributed by atoms with van der Waals surface area (Å²) in [7, 11) is 0. The van der Waals surface area contributed by atoms with Crippen molar-refractivity contribution >= 4 is 11.5 Å². The third-order valence-electron chi connectivity index (χ3n) is 4.83. The summed E-state index contributed by atoms with van der Waals surface area (Å²) in [6.45, 7) is 0. The van der Waals surface area contributed by atoms with Gasteiger partial charge in [-0.05, 0) is 48.2 Å². The van der Waals surface area contributed by atoms with Gasteiger partial charge in [-0.2, -0.15) is 4.52 Å². The molecular weight excluding hydrogens is 329 g/mol. The van der Waals surface area contributed by atoms with E-state index in [9.17, 15) is 4.39 Å². The molecule has 1 atom stereocenters. The van der Waals surface area contributed by atoms with Crippen LogP contribution < -0.4 is 5.32 Å². The number of benzene rings is 2. The fourth-order valence-corrected chi connectivity index (χ4v) is 3.56. The van der Waals surface area contributed by atoms with Crippen LogP contribution in [0.2, 0.25) is 0 Å².